The van der Waals surface area contributed by atoms with Crippen molar-refractivity contribution in [3.05, 3.63) is 0 Å². The van der Waals surface area contributed by atoms with E-state index in [1.807, 2.05) is 0 Å². The molecule has 150 valence electrons. The third-order valence-electron chi connectivity index (χ3n) is 6.19. The molecular formula is C23H48N2. The largest absolute Gasteiger partial charge is 0.301 e. The molecule has 2 fully saturated rings. The summed E-state index contributed by atoms with van der Waals surface area (Å²) in [5, 5.41) is 0. The van der Waals surface area contributed by atoms with E-state index in [2.05, 4.69) is 58.3 Å². The van der Waals surface area contributed by atoms with Crippen LogP contribution in [0.3, 0.4) is 0 Å². The quantitative estimate of drug-likeness (QED) is 0.573. The number of rotatable bonds is 6. The van der Waals surface area contributed by atoms with Crippen LogP contribution in [-0.4, -0.2) is 48.1 Å². The smallest absolute Gasteiger partial charge is 0.0198 e. The molecule has 2 rings (SSSR count). The van der Waals surface area contributed by atoms with E-state index >= 15 is 0 Å². The SMILES string of the molecule is CC(C)CC1CCC(C)CC1.CCCCN1CCN(C(C)C)C(C)C1. The van der Waals surface area contributed by atoms with Gasteiger partial charge in [-0.1, -0.05) is 59.8 Å². The summed E-state index contributed by atoms with van der Waals surface area (Å²) in [6.45, 7) is 21.4. The van der Waals surface area contributed by atoms with E-state index in [4.69, 9.17) is 0 Å². The Kier molecular flexibility index (Phi) is 11.3. The first kappa shape index (κ1) is 23.0. The lowest BCUT2D eigenvalue weighted by atomic mass is 9.79. The monoisotopic (exact) mass is 352 g/mol. The average molecular weight is 353 g/mol. The Morgan fingerprint density at radius 2 is 1.56 bits per heavy atom. The normalized spacial score (nSPS) is 28.9. The van der Waals surface area contributed by atoms with E-state index in [0.717, 1.165) is 23.8 Å². The standard InChI is InChI=1S/C12H26N2.C11H22/c1-5-6-7-13-8-9-14(11(2)3)12(4)10-13;1-9(2)8-11-6-4-10(3)5-7-11/h11-12H,5-10H2,1-4H3;9-11H,4-8H2,1-3H3. The fraction of sp³-hybridized carbons (Fsp3) is 1.00. The lowest BCUT2D eigenvalue weighted by molar-refractivity contribution is 0.0597. The van der Waals surface area contributed by atoms with Gasteiger partial charge in [0.05, 0.1) is 0 Å². The molecule has 0 aromatic rings. The minimum atomic E-state index is 0.707. The second-order valence-corrected chi connectivity index (χ2v) is 9.59. The molecule has 0 aromatic heterocycles. The van der Waals surface area contributed by atoms with E-state index in [0.29, 0.717) is 6.04 Å². The van der Waals surface area contributed by atoms with E-state index < -0.39 is 0 Å². The molecule has 1 saturated carbocycles. The first-order chi connectivity index (χ1) is 11.8. The second-order valence-electron chi connectivity index (χ2n) is 9.59. The Balaban J connectivity index is 0.000000257. The highest BCUT2D eigenvalue weighted by Gasteiger charge is 2.24. The van der Waals surface area contributed by atoms with Crippen LogP contribution in [0.1, 0.15) is 93.4 Å². The Labute approximate surface area is 159 Å². The molecule has 1 aliphatic carbocycles. The number of piperazine rings is 1. The van der Waals surface area contributed by atoms with E-state index in [1.165, 1.54) is 71.1 Å². The van der Waals surface area contributed by atoms with Gasteiger partial charge >= 0.3 is 0 Å². The van der Waals surface area contributed by atoms with E-state index in [9.17, 15) is 0 Å². The maximum atomic E-state index is 2.62. The fourth-order valence-electron chi connectivity index (χ4n) is 4.63. The van der Waals surface area contributed by atoms with Gasteiger partial charge in [-0.2, -0.15) is 0 Å². The molecule has 0 spiro atoms. The molecule has 2 heteroatoms. The third-order valence-corrected chi connectivity index (χ3v) is 6.19. The molecule has 1 heterocycles. The van der Waals surface area contributed by atoms with Gasteiger partial charge in [0.1, 0.15) is 0 Å². The van der Waals surface area contributed by atoms with Crippen LogP contribution in [0.4, 0.5) is 0 Å². The van der Waals surface area contributed by atoms with Gasteiger partial charge in [0, 0.05) is 31.7 Å². The zero-order chi connectivity index (χ0) is 18.8. The third kappa shape index (κ3) is 9.43. The molecule has 1 unspecified atom stereocenters. The molecular weight excluding hydrogens is 304 g/mol. The van der Waals surface area contributed by atoms with Crippen molar-refractivity contribution in [3.8, 4) is 0 Å². The van der Waals surface area contributed by atoms with Gasteiger partial charge in [-0.3, -0.25) is 4.90 Å². The van der Waals surface area contributed by atoms with Crippen LogP contribution in [0.2, 0.25) is 0 Å². The molecule has 0 amide bonds. The van der Waals surface area contributed by atoms with Gasteiger partial charge in [0.15, 0.2) is 0 Å². The fourth-order valence-corrected chi connectivity index (χ4v) is 4.63. The van der Waals surface area contributed by atoms with Crippen molar-refractivity contribution in [2.75, 3.05) is 26.2 Å². The Hall–Kier alpha value is -0.0800. The molecule has 1 saturated heterocycles. The summed E-state index contributed by atoms with van der Waals surface area (Å²) in [4.78, 5) is 5.23. The summed E-state index contributed by atoms with van der Waals surface area (Å²) in [5.74, 6) is 2.98. The Bertz CT molecular complexity index is 318. The van der Waals surface area contributed by atoms with Crippen LogP contribution < -0.4 is 0 Å². The first-order valence-electron chi connectivity index (χ1n) is 11.3. The van der Waals surface area contributed by atoms with Crippen molar-refractivity contribution >= 4 is 0 Å². The van der Waals surface area contributed by atoms with Crippen LogP contribution in [0.25, 0.3) is 0 Å². The van der Waals surface area contributed by atoms with Crippen LogP contribution in [0.5, 0.6) is 0 Å². The second kappa shape index (κ2) is 12.3. The van der Waals surface area contributed by atoms with Crippen molar-refractivity contribution in [1.29, 1.82) is 0 Å². The number of hydrogen-bond donors (Lipinski definition) is 0. The van der Waals surface area contributed by atoms with Gasteiger partial charge in [-0.05, 0) is 57.9 Å². The van der Waals surface area contributed by atoms with Gasteiger partial charge in [-0.25, -0.2) is 0 Å². The van der Waals surface area contributed by atoms with Gasteiger partial charge in [-0.15, -0.1) is 0 Å². The molecule has 0 bridgehead atoms. The minimum absolute atomic E-state index is 0.707. The first-order valence-corrected chi connectivity index (χ1v) is 11.3. The lowest BCUT2D eigenvalue weighted by Gasteiger charge is -2.42. The molecule has 0 N–H and O–H groups in total. The minimum Gasteiger partial charge on any atom is -0.301 e. The lowest BCUT2D eigenvalue weighted by Crippen LogP contribution is -2.54. The predicted molar refractivity (Wildman–Crippen MR) is 113 cm³/mol. The Morgan fingerprint density at radius 3 is 2.04 bits per heavy atom. The highest BCUT2D eigenvalue weighted by molar-refractivity contribution is 4.80. The van der Waals surface area contributed by atoms with Gasteiger partial charge < -0.3 is 4.90 Å². The van der Waals surface area contributed by atoms with Crippen LogP contribution in [0.15, 0.2) is 0 Å². The van der Waals surface area contributed by atoms with Crippen LogP contribution in [0, 0.1) is 17.8 Å². The maximum Gasteiger partial charge on any atom is 0.0198 e. The van der Waals surface area contributed by atoms with Gasteiger partial charge in [0.2, 0.25) is 0 Å². The van der Waals surface area contributed by atoms with Crippen molar-refractivity contribution in [1.82, 2.24) is 9.80 Å². The number of nitrogens with zero attached hydrogens (tertiary/aromatic N) is 2. The maximum absolute atomic E-state index is 2.62. The zero-order valence-electron chi connectivity index (χ0n) is 18.6. The average Bonchev–Trinajstić information content (AvgIpc) is 2.55. The van der Waals surface area contributed by atoms with E-state index in [1.54, 1.807) is 0 Å². The van der Waals surface area contributed by atoms with Gasteiger partial charge in [0.25, 0.3) is 0 Å². The molecule has 0 radical (unpaired) electrons. The Morgan fingerprint density at radius 1 is 0.920 bits per heavy atom. The van der Waals surface area contributed by atoms with Crippen LogP contribution >= 0.6 is 0 Å². The molecule has 1 atom stereocenters. The summed E-state index contributed by atoms with van der Waals surface area (Å²) in [5.41, 5.74) is 0. The molecule has 2 nitrogen and oxygen atoms in total. The van der Waals surface area contributed by atoms with Crippen molar-refractivity contribution in [3.63, 3.8) is 0 Å². The molecule has 0 aromatic carbocycles. The summed E-state index contributed by atoms with van der Waals surface area (Å²) in [6.07, 6.45) is 10.1. The number of unbranched alkanes of at least 4 members (excludes halogenated alkanes) is 1. The zero-order valence-corrected chi connectivity index (χ0v) is 18.6. The number of hydrogen-bond acceptors (Lipinski definition) is 2. The summed E-state index contributed by atoms with van der Waals surface area (Å²) in [6, 6.07) is 1.44. The summed E-state index contributed by atoms with van der Waals surface area (Å²) >= 11 is 0. The van der Waals surface area contributed by atoms with Crippen molar-refractivity contribution in [2.45, 2.75) is 105 Å². The van der Waals surface area contributed by atoms with Crippen LogP contribution in [-0.2, 0) is 0 Å². The van der Waals surface area contributed by atoms with Crippen molar-refractivity contribution in [2.24, 2.45) is 17.8 Å². The molecule has 25 heavy (non-hydrogen) atoms. The predicted octanol–water partition coefficient (Wildman–Crippen LogP) is 6.06. The highest BCUT2D eigenvalue weighted by Crippen LogP contribution is 2.32. The topological polar surface area (TPSA) is 6.48 Å². The van der Waals surface area contributed by atoms with E-state index in [-0.39, 0.29) is 0 Å². The highest BCUT2D eigenvalue weighted by atomic mass is 15.3. The molecule has 2 aliphatic rings. The summed E-state index contributed by atoms with van der Waals surface area (Å²) in [7, 11) is 0. The summed E-state index contributed by atoms with van der Waals surface area (Å²) < 4.78 is 0. The molecule has 1 aliphatic heterocycles. The van der Waals surface area contributed by atoms with Crippen molar-refractivity contribution < 1.29 is 0 Å².